The summed E-state index contributed by atoms with van der Waals surface area (Å²) in [6, 6.07) is 14.9. The van der Waals surface area contributed by atoms with Crippen LogP contribution in [0.2, 0.25) is 0 Å². The second-order valence-corrected chi connectivity index (χ2v) is 7.55. The number of aliphatic hydroxyl groups excluding tert-OH is 1. The molecule has 7 nitrogen and oxygen atoms in total. The zero-order valence-electron chi connectivity index (χ0n) is 16.4. The number of benzodiazepines with no additional fused rings is 1. The fourth-order valence-electron chi connectivity index (χ4n) is 3.13. The number of aliphatic hydroxyl groups is 1. The number of nitrogens with zero attached hydrogens (tertiary/aromatic N) is 3. The Labute approximate surface area is 189 Å². The molecule has 0 saturated carbocycles. The Hall–Kier alpha value is -3.05. The second-order valence-electron chi connectivity index (χ2n) is 6.84. The van der Waals surface area contributed by atoms with Gasteiger partial charge in [0.25, 0.3) is 5.91 Å². The van der Waals surface area contributed by atoms with E-state index in [1.165, 1.54) is 12.1 Å². The lowest BCUT2D eigenvalue weighted by Crippen LogP contribution is -2.43. The SMILES string of the molecule is O=C1C(O)N=C(c2ccccc2)c2ccccc2N1CC(F)(F)F.O=C1CCC(=O)N1Br. The molecule has 2 aromatic rings. The van der Waals surface area contributed by atoms with Crippen LogP contribution in [0.5, 0.6) is 0 Å². The molecule has 2 heterocycles. The highest BCUT2D eigenvalue weighted by molar-refractivity contribution is 9.08. The van der Waals surface area contributed by atoms with E-state index in [0.717, 1.165) is 3.93 Å². The summed E-state index contributed by atoms with van der Waals surface area (Å²) in [5, 5.41) is 9.98. The lowest BCUT2D eigenvalue weighted by molar-refractivity contribution is -0.137. The minimum Gasteiger partial charge on any atom is -0.364 e. The number of carbonyl (C=O) groups excluding carboxylic acids is 3. The van der Waals surface area contributed by atoms with Crippen LogP contribution in [0.1, 0.15) is 24.0 Å². The zero-order valence-corrected chi connectivity index (χ0v) is 18.0. The fraction of sp³-hybridized carbons (Fsp3) is 0.238. The maximum absolute atomic E-state index is 12.9. The minimum absolute atomic E-state index is 0.0685. The van der Waals surface area contributed by atoms with Crippen molar-refractivity contribution in [1.82, 2.24) is 3.93 Å². The summed E-state index contributed by atoms with van der Waals surface area (Å²) in [5.41, 5.74) is 1.30. The highest BCUT2D eigenvalue weighted by atomic mass is 79.9. The number of fused-ring (bicyclic) bond motifs is 1. The number of hydrogen-bond acceptors (Lipinski definition) is 5. The Morgan fingerprint density at radius 3 is 2.06 bits per heavy atom. The van der Waals surface area contributed by atoms with Crippen molar-refractivity contribution in [2.45, 2.75) is 25.2 Å². The van der Waals surface area contributed by atoms with Crippen molar-refractivity contribution in [3.8, 4) is 0 Å². The summed E-state index contributed by atoms with van der Waals surface area (Å²) in [7, 11) is 0. The van der Waals surface area contributed by atoms with E-state index in [1.54, 1.807) is 42.5 Å². The van der Waals surface area contributed by atoms with Crippen LogP contribution in [0.3, 0.4) is 0 Å². The molecule has 3 amide bonds. The van der Waals surface area contributed by atoms with Gasteiger partial charge in [-0.05, 0) is 6.07 Å². The predicted octanol–water partition coefficient (Wildman–Crippen LogP) is 3.20. The molecule has 32 heavy (non-hydrogen) atoms. The monoisotopic (exact) mass is 511 g/mol. The average Bonchev–Trinajstić information content (AvgIpc) is 3.01. The third kappa shape index (κ3) is 5.40. The van der Waals surface area contributed by atoms with E-state index in [0.29, 0.717) is 28.9 Å². The molecule has 2 aliphatic heterocycles. The number of hydrogen-bond donors (Lipinski definition) is 1. The summed E-state index contributed by atoms with van der Waals surface area (Å²) < 4.78 is 39.6. The number of anilines is 1. The largest absolute Gasteiger partial charge is 0.406 e. The molecule has 2 aromatic carbocycles. The molecular formula is C21H17BrF3N3O4. The first-order valence-corrected chi connectivity index (χ1v) is 10.1. The molecule has 2 aliphatic rings. The van der Waals surface area contributed by atoms with Crippen LogP contribution >= 0.6 is 16.1 Å². The molecule has 0 bridgehead atoms. The van der Waals surface area contributed by atoms with Gasteiger partial charge in [0, 0.05) is 24.0 Å². The predicted molar refractivity (Wildman–Crippen MR) is 113 cm³/mol. The van der Waals surface area contributed by atoms with Crippen molar-refractivity contribution in [3.05, 3.63) is 65.7 Å². The van der Waals surface area contributed by atoms with Gasteiger partial charge in [-0.25, -0.2) is 8.92 Å². The van der Waals surface area contributed by atoms with E-state index in [1.807, 2.05) is 0 Å². The van der Waals surface area contributed by atoms with E-state index in [-0.39, 0.29) is 23.2 Å². The quantitative estimate of drug-likeness (QED) is 0.495. The van der Waals surface area contributed by atoms with Gasteiger partial charge >= 0.3 is 6.18 Å². The molecule has 1 fully saturated rings. The van der Waals surface area contributed by atoms with Gasteiger partial charge in [0.2, 0.25) is 18.0 Å². The molecule has 1 atom stereocenters. The van der Waals surface area contributed by atoms with Gasteiger partial charge in [-0.3, -0.25) is 19.3 Å². The molecule has 1 N–H and O–H groups in total. The Kier molecular flexibility index (Phi) is 7.09. The Bertz CT molecular complexity index is 1040. The van der Waals surface area contributed by atoms with Crippen LogP contribution < -0.4 is 4.90 Å². The summed E-state index contributed by atoms with van der Waals surface area (Å²) in [5.74, 6) is -1.39. The van der Waals surface area contributed by atoms with Crippen LogP contribution in [0.15, 0.2) is 59.6 Å². The van der Waals surface area contributed by atoms with Gasteiger partial charge < -0.3 is 5.11 Å². The fourth-order valence-corrected chi connectivity index (χ4v) is 3.49. The van der Waals surface area contributed by atoms with Crippen molar-refractivity contribution in [1.29, 1.82) is 0 Å². The van der Waals surface area contributed by atoms with Crippen LogP contribution in [0.4, 0.5) is 18.9 Å². The van der Waals surface area contributed by atoms with Crippen LogP contribution in [-0.2, 0) is 14.4 Å². The number of para-hydroxylation sites is 1. The maximum Gasteiger partial charge on any atom is 0.406 e. The number of rotatable bonds is 2. The number of benzene rings is 2. The Morgan fingerprint density at radius 2 is 1.53 bits per heavy atom. The molecule has 1 unspecified atom stereocenters. The molecule has 0 spiro atoms. The third-order valence-electron chi connectivity index (χ3n) is 4.56. The number of aliphatic imine (C=N–C) groups is 1. The van der Waals surface area contributed by atoms with Gasteiger partial charge in [0.1, 0.15) is 6.54 Å². The van der Waals surface area contributed by atoms with E-state index in [4.69, 9.17) is 0 Å². The number of amides is 3. The summed E-state index contributed by atoms with van der Waals surface area (Å²) >= 11 is 2.80. The number of halogens is 4. The minimum atomic E-state index is -4.60. The second kappa shape index (κ2) is 9.61. The van der Waals surface area contributed by atoms with E-state index in [9.17, 15) is 32.7 Å². The van der Waals surface area contributed by atoms with Crippen LogP contribution in [0.25, 0.3) is 0 Å². The first-order valence-electron chi connectivity index (χ1n) is 9.39. The molecule has 11 heteroatoms. The van der Waals surface area contributed by atoms with Crippen molar-refractivity contribution in [3.63, 3.8) is 0 Å². The van der Waals surface area contributed by atoms with Crippen molar-refractivity contribution < 1.29 is 32.7 Å². The Balaban J connectivity index is 0.000000305. The molecule has 168 valence electrons. The van der Waals surface area contributed by atoms with Crippen molar-refractivity contribution >= 4 is 45.3 Å². The standard InChI is InChI=1S/C17H13F3N2O2.C4H4BrNO2/c18-17(19,20)10-22-13-9-5-4-8-12(13)14(21-15(23)16(22)24)11-6-2-1-3-7-11;5-6-3(7)1-2-4(6)8/h1-9,15,23H,10H2;1-2H2. The van der Waals surface area contributed by atoms with E-state index < -0.39 is 24.9 Å². The molecule has 4 rings (SSSR count). The lowest BCUT2D eigenvalue weighted by atomic mass is 10.0. The van der Waals surface area contributed by atoms with Crippen molar-refractivity contribution in [2.24, 2.45) is 4.99 Å². The van der Waals surface area contributed by atoms with Gasteiger partial charge in [-0.2, -0.15) is 13.2 Å². The summed E-state index contributed by atoms with van der Waals surface area (Å²) in [4.78, 5) is 37.6. The Morgan fingerprint density at radius 1 is 0.969 bits per heavy atom. The van der Waals surface area contributed by atoms with Gasteiger partial charge in [-0.1, -0.05) is 48.5 Å². The zero-order chi connectivity index (χ0) is 23.5. The average molecular weight is 512 g/mol. The highest BCUT2D eigenvalue weighted by Gasteiger charge is 2.38. The maximum atomic E-state index is 12.9. The molecule has 0 radical (unpaired) electrons. The van der Waals surface area contributed by atoms with Gasteiger partial charge in [-0.15, -0.1) is 0 Å². The topological polar surface area (TPSA) is 90.3 Å². The molecule has 0 aliphatic carbocycles. The van der Waals surface area contributed by atoms with Crippen LogP contribution in [0, 0.1) is 0 Å². The smallest absolute Gasteiger partial charge is 0.364 e. The molecule has 0 aromatic heterocycles. The first-order chi connectivity index (χ1) is 15.1. The first kappa shape index (κ1) is 23.6. The molecular weight excluding hydrogens is 495 g/mol. The lowest BCUT2D eigenvalue weighted by Gasteiger charge is -2.24. The number of alkyl halides is 3. The third-order valence-corrected chi connectivity index (χ3v) is 5.35. The van der Waals surface area contributed by atoms with Gasteiger partial charge in [0.05, 0.1) is 27.5 Å². The van der Waals surface area contributed by atoms with Gasteiger partial charge in [0.15, 0.2) is 0 Å². The number of carbonyl (C=O) groups is 3. The summed E-state index contributed by atoms with van der Waals surface area (Å²) in [6.07, 6.45) is -5.79. The normalized spacial score (nSPS) is 18.6. The van der Waals surface area contributed by atoms with Crippen LogP contribution in [-0.4, -0.2) is 51.4 Å². The van der Waals surface area contributed by atoms with E-state index >= 15 is 0 Å². The number of imide groups is 1. The van der Waals surface area contributed by atoms with Crippen molar-refractivity contribution in [2.75, 3.05) is 11.4 Å². The molecule has 1 saturated heterocycles. The summed E-state index contributed by atoms with van der Waals surface area (Å²) in [6.45, 7) is -1.49. The van der Waals surface area contributed by atoms with E-state index in [2.05, 4.69) is 21.1 Å². The highest BCUT2D eigenvalue weighted by Crippen LogP contribution is 2.30.